The van der Waals surface area contributed by atoms with Gasteiger partial charge in [0.25, 0.3) is 0 Å². The van der Waals surface area contributed by atoms with Crippen molar-refractivity contribution in [2.24, 2.45) is 0 Å². The lowest BCUT2D eigenvalue weighted by atomic mass is 10.1. The fourth-order valence-electron chi connectivity index (χ4n) is 2.34. The molecule has 0 spiro atoms. The Kier molecular flexibility index (Phi) is 6.48. The molecule has 0 aliphatic heterocycles. The molecule has 2 aromatic carbocycles. The minimum Gasteiger partial charge on any atom is -0.497 e. The van der Waals surface area contributed by atoms with Gasteiger partial charge in [-0.3, -0.25) is 14.9 Å². The van der Waals surface area contributed by atoms with E-state index in [2.05, 4.69) is 0 Å². The lowest BCUT2D eigenvalue weighted by Gasteiger charge is -2.13. The van der Waals surface area contributed by atoms with Crippen LogP contribution in [0.5, 0.6) is 11.5 Å². The van der Waals surface area contributed by atoms with Crippen LogP contribution in [0.1, 0.15) is 34.6 Å². The van der Waals surface area contributed by atoms with E-state index in [9.17, 15) is 19.7 Å². The number of benzene rings is 2. The van der Waals surface area contributed by atoms with E-state index >= 15 is 0 Å². The molecular formula is C19H19NO7. The number of methoxy groups -OCH3 is 1. The second kappa shape index (κ2) is 8.79. The lowest BCUT2D eigenvalue weighted by Crippen LogP contribution is -2.24. The molecule has 0 aliphatic rings. The van der Waals surface area contributed by atoms with Gasteiger partial charge in [0, 0.05) is 11.6 Å². The number of nitro benzene ring substituents is 1. The van der Waals surface area contributed by atoms with Gasteiger partial charge in [-0.1, -0.05) is 0 Å². The van der Waals surface area contributed by atoms with Crippen molar-refractivity contribution in [1.29, 1.82) is 0 Å². The van der Waals surface area contributed by atoms with E-state index < -0.39 is 22.8 Å². The summed E-state index contributed by atoms with van der Waals surface area (Å²) in [6, 6.07) is 10.1. The topological polar surface area (TPSA) is 105 Å². The molecule has 0 saturated heterocycles. The predicted molar refractivity (Wildman–Crippen MR) is 96.5 cm³/mol. The van der Waals surface area contributed by atoms with Crippen molar-refractivity contribution >= 4 is 17.4 Å². The van der Waals surface area contributed by atoms with Gasteiger partial charge in [0.15, 0.2) is 11.9 Å². The van der Waals surface area contributed by atoms with Crippen LogP contribution in [0, 0.1) is 10.1 Å². The minimum atomic E-state index is -1.06. The molecule has 0 fully saturated rings. The first-order valence-corrected chi connectivity index (χ1v) is 8.17. The normalized spacial score (nSPS) is 11.4. The number of nitro groups is 1. The molecule has 0 heterocycles. The summed E-state index contributed by atoms with van der Waals surface area (Å²) >= 11 is 0. The van der Waals surface area contributed by atoms with Gasteiger partial charge in [0.1, 0.15) is 5.75 Å². The Bertz CT molecular complexity index is 846. The van der Waals surface area contributed by atoms with E-state index in [1.165, 1.54) is 26.2 Å². The summed E-state index contributed by atoms with van der Waals surface area (Å²) in [6.07, 6.45) is -1.06. The molecule has 0 radical (unpaired) electrons. The fraction of sp³-hybridized carbons (Fsp3) is 0.263. The van der Waals surface area contributed by atoms with E-state index in [1.807, 2.05) is 0 Å². The van der Waals surface area contributed by atoms with Gasteiger partial charge in [-0.15, -0.1) is 0 Å². The number of ether oxygens (including phenoxy) is 3. The van der Waals surface area contributed by atoms with Crippen LogP contribution in [0.2, 0.25) is 0 Å². The Morgan fingerprint density at radius 1 is 1.11 bits per heavy atom. The summed E-state index contributed by atoms with van der Waals surface area (Å²) < 4.78 is 15.4. The first-order chi connectivity index (χ1) is 12.9. The van der Waals surface area contributed by atoms with E-state index in [0.29, 0.717) is 11.3 Å². The van der Waals surface area contributed by atoms with Gasteiger partial charge in [-0.05, 0) is 50.2 Å². The molecule has 0 aromatic heterocycles. The van der Waals surface area contributed by atoms with Crippen molar-refractivity contribution in [3.05, 3.63) is 63.7 Å². The highest BCUT2D eigenvalue weighted by Gasteiger charge is 2.23. The molecule has 8 nitrogen and oxygen atoms in total. The molecule has 0 saturated carbocycles. The van der Waals surface area contributed by atoms with Gasteiger partial charge >= 0.3 is 11.7 Å². The Labute approximate surface area is 155 Å². The van der Waals surface area contributed by atoms with Crippen molar-refractivity contribution in [2.45, 2.75) is 20.0 Å². The number of carbonyl (C=O) groups excluding carboxylic acids is 2. The molecule has 2 aromatic rings. The monoisotopic (exact) mass is 373 g/mol. The second-order valence-corrected chi connectivity index (χ2v) is 5.51. The maximum atomic E-state index is 12.4. The second-order valence-electron chi connectivity index (χ2n) is 5.51. The summed E-state index contributed by atoms with van der Waals surface area (Å²) in [7, 11) is 1.51. The fourth-order valence-corrected chi connectivity index (χ4v) is 2.34. The van der Waals surface area contributed by atoms with E-state index in [1.54, 1.807) is 31.2 Å². The zero-order valence-corrected chi connectivity index (χ0v) is 15.1. The summed E-state index contributed by atoms with van der Waals surface area (Å²) in [5, 5.41) is 11.1. The summed E-state index contributed by atoms with van der Waals surface area (Å²) in [5.74, 6) is -0.582. The smallest absolute Gasteiger partial charge is 0.339 e. The van der Waals surface area contributed by atoms with Crippen molar-refractivity contribution in [3.8, 4) is 11.5 Å². The molecule has 142 valence electrons. The molecule has 0 amide bonds. The quantitative estimate of drug-likeness (QED) is 0.302. The van der Waals surface area contributed by atoms with Crippen LogP contribution in [0.4, 0.5) is 5.69 Å². The minimum absolute atomic E-state index is 0.0421. The number of hydrogen-bond acceptors (Lipinski definition) is 7. The van der Waals surface area contributed by atoms with Gasteiger partial charge in [0.2, 0.25) is 5.78 Å². The third kappa shape index (κ3) is 4.81. The van der Waals surface area contributed by atoms with Crippen LogP contribution in [0.15, 0.2) is 42.5 Å². The standard InChI is InChI=1S/C19H19NO7/c1-4-26-17-10-7-14(11-16(17)20(23)24)19(22)27-12(2)18(21)13-5-8-15(25-3)9-6-13/h5-12H,4H2,1-3H3/t12-/m1/s1. The molecule has 0 unspecified atom stereocenters. The summed E-state index contributed by atoms with van der Waals surface area (Å²) in [5.41, 5.74) is -0.0336. The van der Waals surface area contributed by atoms with Gasteiger partial charge in [-0.2, -0.15) is 0 Å². The lowest BCUT2D eigenvalue weighted by molar-refractivity contribution is -0.385. The highest BCUT2D eigenvalue weighted by molar-refractivity contribution is 6.01. The van der Waals surface area contributed by atoms with E-state index in [4.69, 9.17) is 14.2 Å². The average Bonchev–Trinajstić information content (AvgIpc) is 2.67. The zero-order chi connectivity index (χ0) is 20.0. The Morgan fingerprint density at radius 2 is 1.74 bits per heavy atom. The van der Waals surface area contributed by atoms with Crippen LogP contribution in [-0.2, 0) is 4.74 Å². The highest BCUT2D eigenvalue weighted by atomic mass is 16.6. The zero-order valence-electron chi connectivity index (χ0n) is 15.1. The molecule has 2 rings (SSSR count). The van der Waals surface area contributed by atoms with Gasteiger partial charge in [0.05, 0.1) is 24.2 Å². The number of esters is 1. The van der Waals surface area contributed by atoms with Crippen LogP contribution in [0.3, 0.4) is 0 Å². The van der Waals surface area contributed by atoms with Crippen LogP contribution < -0.4 is 9.47 Å². The number of hydrogen-bond donors (Lipinski definition) is 0. The van der Waals surface area contributed by atoms with Crippen LogP contribution in [-0.4, -0.2) is 36.5 Å². The molecule has 1 atom stereocenters. The SMILES string of the molecule is CCOc1ccc(C(=O)O[C@H](C)C(=O)c2ccc(OC)cc2)cc1[N+](=O)[O-]. The van der Waals surface area contributed by atoms with Crippen LogP contribution >= 0.6 is 0 Å². The molecule has 0 N–H and O–H groups in total. The Balaban J connectivity index is 2.14. The van der Waals surface area contributed by atoms with E-state index in [-0.39, 0.29) is 23.6 Å². The Morgan fingerprint density at radius 3 is 2.30 bits per heavy atom. The first kappa shape index (κ1) is 19.9. The largest absolute Gasteiger partial charge is 0.497 e. The number of nitrogens with zero attached hydrogens (tertiary/aromatic N) is 1. The van der Waals surface area contributed by atoms with E-state index in [0.717, 1.165) is 6.07 Å². The number of ketones is 1. The van der Waals surface area contributed by atoms with Crippen molar-refractivity contribution in [2.75, 3.05) is 13.7 Å². The van der Waals surface area contributed by atoms with Crippen LogP contribution in [0.25, 0.3) is 0 Å². The third-order valence-electron chi connectivity index (χ3n) is 3.72. The van der Waals surface area contributed by atoms with Crippen molar-refractivity contribution < 1.29 is 28.7 Å². The number of Topliss-reactive ketones (excluding diaryl/α,β-unsaturated/α-hetero) is 1. The molecule has 8 heteroatoms. The van der Waals surface area contributed by atoms with Gasteiger partial charge in [-0.25, -0.2) is 4.79 Å². The number of rotatable bonds is 8. The van der Waals surface area contributed by atoms with Gasteiger partial charge < -0.3 is 14.2 Å². The highest BCUT2D eigenvalue weighted by Crippen LogP contribution is 2.28. The maximum Gasteiger partial charge on any atom is 0.339 e. The summed E-state index contributed by atoms with van der Waals surface area (Å²) in [6.45, 7) is 3.38. The maximum absolute atomic E-state index is 12.4. The summed E-state index contributed by atoms with van der Waals surface area (Å²) in [4.78, 5) is 35.2. The van der Waals surface area contributed by atoms with Crippen molar-refractivity contribution in [1.82, 2.24) is 0 Å². The molecule has 27 heavy (non-hydrogen) atoms. The number of carbonyl (C=O) groups is 2. The Hall–Kier alpha value is -3.42. The first-order valence-electron chi connectivity index (χ1n) is 8.17. The molecule has 0 aliphatic carbocycles. The predicted octanol–water partition coefficient (Wildman–Crippen LogP) is 3.43. The average molecular weight is 373 g/mol. The third-order valence-corrected chi connectivity index (χ3v) is 3.72. The molecule has 0 bridgehead atoms. The molecular weight excluding hydrogens is 354 g/mol. The van der Waals surface area contributed by atoms with Crippen molar-refractivity contribution in [3.63, 3.8) is 0 Å².